The lowest BCUT2D eigenvalue weighted by Gasteiger charge is -2.18. The molecule has 0 aliphatic heterocycles. The largest absolute Gasteiger partial charge is 0.496 e. The molecule has 0 aromatic heterocycles. The first-order chi connectivity index (χ1) is 8.49. The van der Waals surface area contributed by atoms with Crippen LogP contribution in [0.15, 0.2) is 18.2 Å². The summed E-state index contributed by atoms with van der Waals surface area (Å²) in [5.74, 6) is 5.88. The standard InChI is InChI=1S/C13H21N3O2/c1-4-9-5-6-12(18-3)10(7-9)11(14)8-13(17)16(2)15/h5-7,11H,4,8,14-15H2,1-3H3. The average Bonchev–Trinajstić information content (AvgIpc) is 2.37. The molecule has 18 heavy (non-hydrogen) atoms. The smallest absolute Gasteiger partial charge is 0.238 e. The maximum atomic E-state index is 11.6. The quantitative estimate of drug-likeness (QED) is 0.464. The van der Waals surface area contributed by atoms with Gasteiger partial charge in [0.25, 0.3) is 0 Å². The molecule has 5 nitrogen and oxygen atoms in total. The Labute approximate surface area is 108 Å². The van der Waals surface area contributed by atoms with Crippen LogP contribution in [0, 0.1) is 0 Å². The van der Waals surface area contributed by atoms with Crippen LogP contribution >= 0.6 is 0 Å². The van der Waals surface area contributed by atoms with Crippen molar-refractivity contribution < 1.29 is 9.53 Å². The zero-order chi connectivity index (χ0) is 13.7. The number of benzene rings is 1. The molecular formula is C13H21N3O2. The van der Waals surface area contributed by atoms with Gasteiger partial charge in [0.2, 0.25) is 5.91 Å². The van der Waals surface area contributed by atoms with Crippen LogP contribution in [0.1, 0.15) is 30.5 Å². The number of ether oxygens (including phenoxy) is 1. The molecule has 0 saturated heterocycles. The molecule has 1 aromatic rings. The molecule has 100 valence electrons. The minimum atomic E-state index is -0.412. The van der Waals surface area contributed by atoms with E-state index in [4.69, 9.17) is 16.3 Å². The molecule has 0 aliphatic rings. The molecule has 0 fully saturated rings. The minimum absolute atomic E-state index is 0.163. The van der Waals surface area contributed by atoms with Crippen molar-refractivity contribution in [2.24, 2.45) is 11.6 Å². The topological polar surface area (TPSA) is 81.6 Å². The second kappa shape index (κ2) is 6.37. The molecule has 1 amide bonds. The fourth-order valence-corrected chi connectivity index (χ4v) is 1.74. The van der Waals surface area contributed by atoms with Crippen molar-refractivity contribution in [2.45, 2.75) is 25.8 Å². The van der Waals surface area contributed by atoms with Crippen molar-refractivity contribution in [3.05, 3.63) is 29.3 Å². The van der Waals surface area contributed by atoms with E-state index in [9.17, 15) is 4.79 Å². The van der Waals surface area contributed by atoms with E-state index in [2.05, 4.69) is 6.92 Å². The van der Waals surface area contributed by atoms with Crippen molar-refractivity contribution in [1.82, 2.24) is 5.01 Å². The van der Waals surface area contributed by atoms with Gasteiger partial charge in [-0.25, -0.2) is 5.84 Å². The van der Waals surface area contributed by atoms with Crippen molar-refractivity contribution in [1.29, 1.82) is 0 Å². The Morgan fingerprint density at radius 1 is 1.50 bits per heavy atom. The van der Waals surface area contributed by atoms with Crippen molar-refractivity contribution in [2.75, 3.05) is 14.2 Å². The molecule has 4 N–H and O–H groups in total. The van der Waals surface area contributed by atoms with Crippen molar-refractivity contribution in [3.8, 4) is 5.75 Å². The van der Waals surface area contributed by atoms with Crippen LogP contribution in [0.3, 0.4) is 0 Å². The maximum Gasteiger partial charge on any atom is 0.238 e. The van der Waals surface area contributed by atoms with E-state index in [0.717, 1.165) is 22.6 Å². The number of nitrogens with zero attached hydrogens (tertiary/aromatic N) is 1. The summed E-state index contributed by atoms with van der Waals surface area (Å²) in [6.07, 6.45) is 1.07. The van der Waals surface area contributed by atoms with Crippen LogP contribution in [-0.2, 0) is 11.2 Å². The van der Waals surface area contributed by atoms with E-state index >= 15 is 0 Å². The van der Waals surface area contributed by atoms with Gasteiger partial charge in [-0.3, -0.25) is 9.80 Å². The summed E-state index contributed by atoms with van der Waals surface area (Å²) in [5.41, 5.74) is 8.05. The Morgan fingerprint density at radius 2 is 2.17 bits per heavy atom. The molecule has 0 bridgehead atoms. The molecule has 0 saturated carbocycles. The number of nitrogens with two attached hydrogens (primary N) is 2. The molecule has 5 heteroatoms. The first-order valence-corrected chi connectivity index (χ1v) is 5.93. The summed E-state index contributed by atoms with van der Waals surface area (Å²) in [5, 5.41) is 1.05. The van der Waals surface area contributed by atoms with Crippen LogP contribution in [0.25, 0.3) is 0 Å². The van der Waals surface area contributed by atoms with Gasteiger partial charge in [-0.2, -0.15) is 0 Å². The Bertz CT molecular complexity index is 419. The number of methoxy groups -OCH3 is 1. The first-order valence-electron chi connectivity index (χ1n) is 5.93. The molecule has 1 rings (SSSR count). The summed E-state index contributed by atoms with van der Waals surface area (Å²) in [6.45, 7) is 2.07. The first kappa shape index (κ1) is 14.5. The fourth-order valence-electron chi connectivity index (χ4n) is 1.74. The van der Waals surface area contributed by atoms with Crippen LogP contribution in [0.4, 0.5) is 0 Å². The van der Waals surface area contributed by atoms with E-state index < -0.39 is 6.04 Å². The lowest BCUT2D eigenvalue weighted by atomic mass is 9.99. The van der Waals surface area contributed by atoms with E-state index in [1.165, 1.54) is 7.05 Å². The van der Waals surface area contributed by atoms with Crippen LogP contribution in [0.5, 0.6) is 5.75 Å². The van der Waals surface area contributed by atoms with Gasteiger partial charge in [-0.1, -0.05) is 19.1 Å². The van der Waals surface area contributed by atoms with E-state index in [-0.39, 0.29) is 12.3 Å². The number of amides is 1. The van der Waals surface area contributed by atoms with Gasteiger partial charge in [0.15, 0.2) is 0 Å². The Hall–Kier alpha value is -1.59. The normalized spacial score (nSPS) is 12.1. The molecule has 1 unspecified atom stereocenters. The summed E-state index contributed by atoms with van der Waals surface area (Å²) in [4.78, 5) is 11.6. The number of hydrogen-bond donors (Lipinski definition) is 2. The third-order valence-electron chi connectivity index (χ3n) is 2.89. The molecule has 0 radical (unpaired) electrons. The Balaban J connectivity index is 2.95. The second-order valence-corrected chi connectivity index (χ2v) is 4.25. The fraction of sp³-hybridized carbons (Fsp3) is 0.462. The molecular weight excluding hydrogens is 230 g/mol. The summed E-state index contributed by atoms with van der Waals surface area (Å²) in [7, 11) is 3.10. The number of hydrazine groups is 1. The molecule has 0 spiro atoms. The van der Waals surface area contributed by atoms with Gasteiger partial charge < -0.3 is 10.5 Å². The lowest BCUT2D eigenvalue weighted by Crippen LogP contribution is -2.35. The maximum absolute atomic E-state index is 11.6. The van der Waals surface area contributed by atoms with Gasteiger partial charge in [-0.05, 0) is 18.1 Å². The van der Waals surface area contributed by atoms with Gasteiger partial charge in [0, 0.05) is 25.1 Å². The third-order valence-corrected chi connectivity index (χ3v) is 2.89. The average molecular weight is 251 g/mol. The Morgan fingerprint density at radius 3 is 2.67 bits per heavy atom. The highest BCUT2D eigenvalue weighted by Crippen LogP contribution is 2.27. The molecule has 1 atom stereocenters. The van der Waals surface area contributed by atoms with Crippen molar-refractivity contribution in [3.63, 3.8) is 0 Å². The van der Waals surface area contributed by atoms with E-state index in [0.29, 0.717) is 5.75 Å². The second-order valence-electron chi connectivity index (χ2n) is 4.25. The number of rotatable bonds is 5. The zero-order valence-corrected chi connectivity index (χ0v) is 11.1. The minimum Gasteiger partial charge on any atom is -0.496 e. The van der Waals surface area contributed by atoms with E-state index in [1.54, 1.807) is 7.11 Å². The predicted molar refractivity (Wildman–Crippen MR) is 70.9 cm³/mol. The Kier molecular flexibility index (Phi) is 5.12. The highest BCUT2D eigenvalue weighted by atomic mass is 16.5. The van der Waals surface area contributed by atoms with Gasteiger partial charge in [0.05, 0.1) is 7.11 Å². The monoisotopic (exact) mass is 251 g/mol. The molecule has 1 aromatic carbocycles. The number of carbonyl (C=O) groups excluding carboxylic acids is 1. The summed E-state index contributed by atoms with van der Waals surface area (Å²) < 4.78 is 5.27. The van der Waals surface area contributed by atoms with Gasteiger partial charge in [0.1, 0.15) is 5.75 Å². The number of aryl methyl sites for hydroxylation is 1. The highest BCUT2D eigenvalue weighted by Gasteiger charge is 2.17. The molecule has 0 aliphatic carbocycles. The number of hydrogen-bond acceptors (Lipinski definition) is 4. The summed E-state index contributed by atoms with van der Waals surface area (Å²) >= 11 is 0. The summed E-state index contributed by atoms with van der Waals surface area (Å²) in [6, 6.07) is 5.44. The van der Waals surface area contributed by atoms with Crippen molar-refractivity contribution >= 4 is 5.91 Å². The predicted octanol–water partition coefficient (Wildman–Crippen LogP) is 0.980. The number of carbonyl (C=O) groups is 1. The SMILES string of the molecule is CCc1ccc(OC)c(C(N)CC(=O)N(C)N)c1. The van der Waals surface area contributed by atoms with Crippen LogP contribution < -0.4 is 16.3 Å². The van der Waals surface area contributed by atoms with Gasteiger partial charge >= 0.3 is 0 Å². The zero-order valence-electron chi connectivity index (χ0n) is 11.1. The molecule has 0 heterocycles. The lowest BCUT2D eigenvalue weighted by molar-refractivity contribution is -0.130. The third kappa shape index (κ3) is 3.45. The highest BCUT2D eigenvalue weighted by molar-refractivity contribution is 5.76. The van der Waals surface area contributed by atoms with Gasteiger partial charge in [-0.15, -0.1) is 0 Å². The van der Waals surface area contributed by atoms with E-state index in [1.807, 2.05) is 18.2 Å². The van der Waals surface area contributed by atoms with Crippen LogP contribution in [0.2, 0.25) is 0 Å². The van der Waals surface area contributed by atoms with Crippen LogP contribution in [-0.4, -0.2) is 25.1 Å².